The van der Waals surface area contributed by atoms with E-state index in [0.29, 0.717) is 12.6 Å². The molecule has 1 atom stereocenters. The monoisotopic (exact) mass is 384 g/mol. The number of carbonyl (C=O) groups is 1. The summed E-state index contributed by atoms with van der Waals surface area (Å²) in [6, 6.07) is 3.77. The Kier molecular flexibility index (Phi) is 5.79. The standard InChI is InChI=1S/C20H28N6O2/c1-13-14(2)22-18(20(28)24(3)4)23-19(13)26-9-8-16(12-26)21-10-15-6-7-17(27)25(5)11-15/h6-7,11,16,21H,8-10,12H2,1-5H3/t16-/m1/s1. The molecule has 8 nitrogen and oxygen atoms in total. The minimum Gasteiger partial charge on any atom is -0.355 e. The van der Waals surface area contributed by atoms with Gasteiger partial charge in [0.25, 0.3) is 5.91 Å². The maximum absolute atomic E-state index is 12.3. The summed E-state index contributed by atoms with van der Waals surface area (Å²) >= 11 is 0. The Morgan fingerprint density at radius 2 is 2.04 bits per heavy atom. The van der Waals surface area contributed by atoms with E-state index in [-0.39, 0.29) is 17.3 Å². The SMILES string of the molecule is Cc1nc(C(=O)N(C)C)nc(N2CC[C@@H](NCc3ccc(=O)n(C)c3)C2)c1C. The number of aryl methyl sites for hydroxylation is 2. The van der Waals surface area contributed by atoms with Crippen molar-refractivity contribution in [1.29, 1.82) is 0 Å². The molecule has 2 aromatic heterocycles. The lowest BCUT2D eigenvalue weighted by Crippen LogP contribution is -2.33. The molecule has 2 aromatic rings. The molecular formula is C20H28N6O2. The van der Waals surface area contributed by atoms with Crippen molar-refractivity contribution in [2.75, 3.05) is 32.1 Å². The van der Waals surface area contributed by atoms with Crippen LogP contribution in [0.2, 0.25) is 0 Å². The molecular weight excluding hydrogens is 356 g/mol. The molecule has 1 fully saturated rings. The molecule has 1 aliphatic heterocycles. The van der Waals surface area contributed by atoms with Gasteiger partial charge in [-0.1, -0.05) is 6.07 Å². The largest absolute Gasteiger partial charge is 0.355 e. The molecule has 0 unspecified atom stereocenters. The molecule has 0 aromatic carbocycles. The zero-order chi connectivity index (χ0) is 20.4. The normalized spacial score (nSPS) is 16.5. The molecule has 3 heterocycles. The third kappa shape index (κ3) is 4.22. The van der Waals surface area contributed by atoms with Gasteiger partial charge in [-0.2, -0.15) is 0 Å². The lowest BCUT2D eigenvalue weighted by molar-refractivity contribution is 0.0815. The molecule has 0 radical (unpaired) electrons. The number of hydrogen-bond acceptors (Lipinski definition) is 6. The van der Waals surface area contributed by atoms with Crippen LogP contribution in [0.3, 0.4) is 0 Å². The van der Waals surface area contributed by atoms with Crippen LogP contribution in [0.5, 0.6) is 0 Å². The van der Waals surface area contributed by atoms with E-state index in [1.54, 1.807) is 31.8 Å². The Balaban J connectivity index is 1.70. The molecule has 0 bridgehead atoms. The fourth-order valence-corrected chi connectivity index (χ4v) is 3.35. The summed E-state index contributed by atoms with van der Waals surface area (Å²) < 4.78 is 1.59. The average Bonchev–Trinajstić information content (AvgIpc) is 3.13. The van der Waals surface area contributed by atoms with Gasteiger partial charge in [0.15, 0.2) is 0 Å². The fourth-order valence-electron chi connectivity index (χ4n) is 3.35. The first-order valence-corrected chi connectivity index (χ1v) is 9.47. The van der Waals surface area contributed by atoms with Gasteiger partial charge in [-0.3, -0.25) is 9.59 Å². The van der Waals surface area contributed by atoms with Crippen molar-refractivity contribution in [1.82, 2.24) is 24.8 Å². The number of anilines is 1. The van der Waals surface area contributed by atoms with E-state index in [1.807, 2.05) is 26.1 Å². The third-order valence-corrected chi connectivity index (χ3v) is 5.19. The number of rotatable bonds is 5. The van der Waals surface area contributed by atoms with Crippen molar-refractivity contribution in [3.63, 3.8) is 0 Å². The van der Waals surface area contributed by atoms with E-state index < -0.39 is 0 Å². The minimum atomic E-state index is -0.187. The Labute approximate surface area is 165 Å². The highest BCUT2D eigenvalue weighted by atomic mass is 16.2. The predicted molar refractivity (Wildman–Crippen MR) is 109 cm³/mol. The smallest absolute Gasteiger partial charge is 0.291 e. The maximum Gasteiger partial charge on any atom is 0.291 e. The Morgan fingerprint density at radius 3 is 2.71 bits per heavy atom. The van der Waals surface area contributed by atoms with E-state index in [2.05, 4.69) is 20.2 Å². The lowest BCUT2D eigenvalue weighted by atomic mass is 10.2. The van der Waals surface area contributed by atoms with E-state index in [4.69, 9.17) is 0 Å². The first-order valence-electron chi connectivity index (χ1n) is 9.47. The molecule has 1 aliphatic rings. The van der Waals surface area contributed by atoms with Crippen LogP contribution in [-0.2, 0) is 13.6 Å². The zero-order valence-corrected chi connectivity index (χ0v) is 17.2. The van der Waals surface area contributed by atoms with E-state index in [1.165, 1.54) is 4.90 Å². The van der Waals surface area contributed by atoms with Gasteiger partial charge in [-0.15, -0.1) is 0 Å². The zero-order valence-electron chi connectivity index (χ0n) is 17.2. The second kappa shape index (κ2) is 8.10. The number of hydrogen-bond donors (Lipinski definition) is 1. The van der Waals surface area contributed by atoms with Gasteiger partial charge in [-0.05, 0) is 25.8 Å². The summed E-state index contributed by atoms with van der Waals surface area (Å²) in [5, 5.41) is 3.56. The Hall–Kier alpha value is -2.74. The summed E-state index contributed by atoms with van der Waals surface area (Å²) in [5.74, 6) is 0.890. The summed E-state index contributed by atoms with van der Waals surface area (Å²) in [7, 11) is 5.17. The van der Waals surface area contributed by atoms with Crippen LogP contribution in [0, 0.1) is 13.8 Å². The number of carbonyl (C=O) groups excluding carboxylic acids is 1. The molecule has 1 N–H and O–H groups in total. The van der Waals surface area contributed by atoms with Gasteiger partial charge in [0.1, 0.15) is 5.82 Å². The van der Waals surface area contributed by atoms with Crippen molar-refractivity contribution >= 4 is 11.7 Å². The highest BCUT2D eigenvalue weighted by Gasteiger charge is 2.26. The summed E-state index contributed by atoms with van der Waals surface area (Å²) in [4.78, 5) is 36.4. The second-order valence-corrected chi connectivity index (χ2v) is 7.58. The van der Waals surface area contributed by atoms with Gasteiger partial charge in [0.05, 0.1) is 0 Å². The number of nitrogens with zero attached hydrogens (tertiary/aromatic N) is 5. The van der Waals surface area contributed by atoms with Gasteiger partial charge >= 0.3 is 0 Å². The van der Waals surface area contributed by atoms with Crippen LogP contribution < -0.4 is 15.8 Å². The summed E-state index contributed by atoms with van der Waals surface area (Å²) in [5.41, 5.74) is 2.91. The lowest BCUT2D eigenvalue weighted by Gasteiger charge is -2.22. The third-order valence-electron chi connectivity index (χ3n) is 5.19. The molecule has 0 spiro atoms. The van der Waals surface area contributed by atoms with Crippen LogP contribution in [0.1, 0.15) is 33.9 Å². The predicted octanol–water partition coefficient (Wildman–Crippen LogP) is 0.862. The maximum atomic E-state index is 12.3. The first-order chi connectivity index (χ1) is 13.3. The molecule has 0 saturated carbocycles. The molecule has 3 rings (SSSR count). The molecule has 150 valence electrons. The van der Waals surface area contributed by atoms with E-state index >= 15 is 0 Å². The number of pyridine rings is 1. The highest BCUT2D eigenvalue weighted by Crippen LogP contribution is 2.24. The van der Waals surface area contributed by atoms with E-state index in [0.717, 1.165) is 42.1 Å². The Morgan fingerprint density at radius 1 is 1.29 bits per heavy atom. The Bertz CT molecular complexity index is 937. The molecule has 1 saturated heterocycles. The van der Waals surface area contributed by atoms with Crippen molar-refractivity contribution in [3.05, 3.63) is 51.3 Å². The van der Waals surface area contributed by atoms with Crippen molar-refractivity contribution < 1.29 is 4.79 Å². The molecule has 8 heteroatoms. The second-order valence-electron chi connectivity index (χ2n) is 7.58. The van der Waals surface area contributed by atoms with Crippen LogP contribution in [-0.4, -0.2) is 58.6 Å². The van der Waals surface area contributed by atoms with Crippen molar-refractivity contribution in [3.8, 4) is 0 Å². The molecule has 28 heavy (non-hydrogen) atoms. The number of aromatic nitrogens is 3. The number of nitrogens with one attached hydrogen (secondary N) is 1. The average molecular weight is 384 g/mol. The number of amides is 1. The van der Waals surface area contributed by atoms with Crippen LogP contribution in [0.15, 0.2) is 23.1 Å². The van der Waals surface area contributed by atoms with Gasteiger partial charge in [0.2, 0.25) is 11.4 Å². The fraction of sp³-hybridized carbons (Fsp3) is 0.500. The van der Waals surface area contributed by atoms with Crippen LogP contribution in [0.25, 0.3) is 0 Å². The molecule has 1 amide bonds. The first kappa shape index (κ1) is 20.0. The van der Waals surface area contributed by atoms with Crippen molar-refractivity contribution in [2.45, 2.75) is 32.9 Å². The summed E-state index contributed by atoms with van der Waals surface area (Å²) in [6.45, 7) is 6.31. The van der Waals surface area contributed by atoms with Crippen LogP contribution >= 0.6 is 0 Å². The van der Waals surface area contributed by atoms with Gasteiger partial charge in [0, 0.05) is 70.3 Å². The highest BCUT2D eigenvalue weighted by molar-refractivity contribution is 5.90. The van der Waals surface area contributed by atoms with E-state index in [9.17, 15) is 9.59 Å². The summed E-state index contributed by atoms with van der Waals surface area (Å²) in [6.07, 6.45) is 2.85. The topological polar surface area (TPSA) is 83.4 Å². The molecule has 0 aliphatic carbocycles. The minimum absolute atomic E-state index is 0.00604. The van der Waals surface area contributed by atoms with Gasteiger partial charge < -0.3 is 19.7 Å². The van der Waals surface area contributed by atoms with Gasteiger partial charge in [-0.25, -0.2) is 9.97 Å². The van der Waals surface area contributed by atoms with Crippen molar-refractivity contribution in [2.24, 2.45) is 7.05 Å². The quantitative estimate of drug-likeness (QED) is 0.823. The van der Waals surface area contributed by atoms with Crippen LogP contribution in [0.4, 0.5) is 5.82 Å².